The zero-order valence-electron chi connectivity index (χ0n) is 21.2. The van der Waals surface area contributed by atoms with Crippen LogP contribution in [0.2, 0.25) is 0 Å². The molecule has 0 spiro atoms. The van der Waals surface area contributed by atoms with Gasteiger partial charge in [0.05, 0.1) is 23.8 Å². The molecule has 1 saturated carbocycles. The van der Waals surface area contributed by atoms with E-state index in [1.165, 1.54) is 6.07 Å². The number of alkyl halides is 3. The van der Waals surface area contributed by atoms with Gasteiger partial charge in [-0.15, -0.1) is 0 Å². The minimum atomic E-state index is -4.57. The monoisotopic (exact) mass is 534 g/mol. The first-order valence-corrected chi connectivity index (χ1v) is 12.8. The second-order valence-corrected chi connectivity index (χ2v) is 9.94. The van der Waals surface area contributed by atoms with Crippen LogP contribution in [0.1, 0.15) is 54.1 Å². The average molecular weight is 535 g/mol. The van der Waals surface area contributed by atoms with Crippen LogP contribution in [-0.2, 0) is 21.3 Å². The van der Waals surface area contributed by atoms with E-state index in [2.05, 4.69) is 20.9 Å². The Morgan fingerprint density at radius 2 is 1.89 bits per heavy atom. The lowest BCUT2D eigenvalue weighted by molar-refractivity contribution is -0.137. The van der Waals surface area contributed by atoms with E-state index in [1.807, 2.05) is 19.1 Å². The second-order valence-electron chi connectivity index (χ2n) is 9.94. The first-order valence-electron chi connectivity index (χ1n) is 12.8. The van der Waals surface area contributed by atoms with Gasteiger partial charge >= 0.3 is 6.18 Å². The molecule has 2 aliphatic rings. The van der Waals surface area contributed by atoms with Crippen molar-refractivity contribution < 1.29 is 32.6 Å². The molecule has 2 fully saturated rings. The average Bonchev–Trinajstić information content (AvgIpc) is 3.30. The molecule has 38 heavy (non-hydrogen) atoms. The molecule has 2 aromatic rings. The van der Waals surface area contributed by atoms with Gasteiger partial charge in [-0.25, -0.2) is 0 Å². The number of aliphatic hydroxyl groups is 1. The number of aromatic nitrogens is 1. The van der Waals surface area contributed by atoms with Gasteiger partial charge in [-0.3, -0.25) is 14.6 Å². The van der Waals surface area contributed by atoms with Gasteiger partial charge in [0.25, 0.3) is 5.91 Å². The number of hydrogen-bond acceptors (Lipinski definition) is 6. The van der Waals surface area contributed by atoms with E-state index in [-0.39, 0.29) is 24.1 Å². The number of amides is 2. The van der Waals surface area contributed by atoms with Gasteiger partial charge < -0.3 is 25.8 Å². The van der Waals surface area contributed by atoms with Crippen molar-refractivity contribution in [3.63, 3.8) is 0 Å². The number of rotatable bonds is 8. The normalized spacial score (nSPS) is 27.6. The molecular weight excluding hydrogens is 501 g/mol. The third-order valence-electron chi connectivity index (χ3n) is 7.67. The van der Waals surface area contributed by atoms with Crippen LogP contribution in [0.4, 0.5) is 13.2 Å². The minimum Gasteiger partial charge on any atom is -0.385 e. The molecule has 2 amide bonds. The van der Waals surface area contributed by atoms with Crippen LogP contribution in [0.5, 0.6) is 0 Å². The Morgan fingerprint density at radius 1 is 1.18 bits per heavy atom. The molecule has 1 aromatic carbocycles. The SMILES string of the molecule is CCOC1(C2CCC(O)(c3ccncc3)CC2)CNC[C@@H]1NC(=O)CNC(=O)c1cccc(C(F)(F)F)c1. The van der Waals surface area contributed by atoms with Crippen LogP contribution in [0.25, 0.3) is 0 Å². The van der Waals surface area contributed by atoms with Crippen LogP contribution in [0, 0.1) is 5.92 Å². The molecule has 0 radical (unpaired) electrons. The molecule has 2 atom stereocenters. The van der Waals surface area contributed by atoms with Crippen LogP contribution in [0.15, 0.2) is 48.8 Å². The molecule has 2 heterocycles. The van der Waals surface area contributed by atoms with Gasteiger partial charge in [0, 0.05) is 37.7 Å². The number of nitrogens with zero attached hydrogens (tertiary/aromatic N) is 1. The van der Waals surface area contributed by atoms with E-state index in [0.29, 0.717) is 45.4 Å². The van der Waals surface area contributed by atoms with Gasteiger partial charge in [-0.2, -0.15) is 13.2 Å². The number of benzene rings is 1. The lowest BCUT2D eigenvalue weighted by Crippen LogP contribution is -2.60. The smallest absolute Gasteiger partial charge is 0.385 e. The van der Waals surface area contributed by atoms with Gasteiger partial charge in [-0.05, 0) is 74.4 Å². The van der Waals surface area contributed by atoms with Gasteiger partial charge in [0.1, 0.15) is 5.60 Å². The fraction of sp³-hybridized carbons (Fsp3) is 0.519. The van der Waals surface area contributed by atoms with Crippen molar-refractivity contribution in [2.24, 2.45) is 5.92 Å². The van der Waals surface area contributed by atoms with Gasteiger partial charge in [-0.1, -0.05) is 6.07 Å². The summed E-state index contributed by atoms with van der Waals surface area (Å²) in [6.45, 7) is 2.94. The van der Waals surface area contributed by atoms with Crippen molar-refractivity contribution in [3.8, 4) is 0 Å². The summed E-state index contributed by atoms with van der Waals surface area (Å²) in [5, 5.41) is 19.9. The predicted molar refractivity (Wildman–Crippen MR) is 133 cm³/mol. The van der Waals surface area contributed by atoms with Crippen LogP contribution in [0.3, 0.4) is 0 Å². The van der Waals surface area contributed by atoms with Crippen LogP contribution in [-0.4, -0.2) is 59.8 Å². The van der Waals surface area contributed by atoms with Crippen molar-refractivity contribution in [1.82, 2.24) is 20.9 Å². The molecule has 1 unspecified atom stereocenters. The summed E-state index contributed by atoms with van der Waals surface area (Å²) in [7, 11) is 0. The number of nitrogens with one attached hydrogen (secondary N) is 3. The highest BCUT2D eigenvalue weighted by Gasteiger charge is 2.52. The predicted octanol–water partition coefficient (Wildman–Crippen LogP) is 2.77. The Hall–Kier alpha value is -3.02. The highest BCUT2D eigenvalue weighted by atomic mass is 19.4. The largest absolute Gasteiger partial charge is 0.416 e. The van der Waals surface area contributed by atoms with Crippen molar-refractivity contribution in [1.29, 1.82) is 0 Å². The molecule has 1 aliphatic carbocycles. The van der Waals surface area contributed by atoms with E-state index in [0.717, 1.165) is 23.8 Å². The molecule has 4 N–H and O–H groups in total. The van der Waals surface area contributed by atoms with Gasteiger partial charge in [0.15, 0.2) is 0 Å². The number of carbonyl (C=O) groups is 2. The highest BCUT2D eigenvalue weighted by Crippen LogP contribution is 2.45. The summed E-state index contributed by atoms with van der Waals surface area (Å²) in [4.78, 5) is 29.2. The second kappa shape index (κ2) is 11.4. The van der Waals surface area contributed by atoms with Crippen molar-refractivity contribution >= 4 is 11.8 Å². The summed E-state index contributed by atoms with van der Waals surface area (Å²) in [5.41, 5.74) is -1.90. The van der Waals surface area contributed by atoms with Crippen molar-refractivity contribution in [3.05, 3.63) is 65.5 Å². The Morgan fingerprint density at radius 3 is 2.55 bits per heavy atom. The molecule has 11 heteroatoms. The van der Waals surface area contributed by atoms with Crippen molar-refractivity contribution in [2.75, 3.05) is 26.2 Å². The maximum Gasteiger partial charge on any atom is 0.416 e. The lowest BCUT2D eigenvalue weighted by atomic mass is 9.68. The highest BCUT2D eigenvalue weighted by molar-refractivity contribution is 5.96. The first kappa shape index (κ1) is 28.0. The molecule has 1 aliphatic heterocycles. The minimum absolute atomic E-state index is 0.0737. The maximum absolute atomic E-state index is 13.0. The molecule has 1 saturated heterocycles. The lowest BCUT2D eigenvalue weighted by Gasteiger charge is -2.46. The zero-order chi connectivity index (χ0) is 27.4. The molecule has 0 bridgehead atoms. The summed E-state index contributed by atoms with van der Waals surface area (Å²) < 4.78 is 45.2. The molecule has 206 valence electrons. The number of ether oxygens (including phenoxy) is 1. The fourth-order valence-electron chi connectivity index (χ4n) is 5.73. The third-order valence-corrected chi connectivity index (χ3v) is 7.67. The van der Waals surface area contributed by atoms with E-state index >= 15 is 0 Å². The van der Waals surface area contributed by atoms with E-state index in [4.69, 9.17) is 4.74 Å². The fourth-order valence-corrected chi connectivity index (χ4v) is 5.73. The molecule has 8 nitrogen and oxygen atoms in total. The number of carbonyl (C=O) groups excluding carboxylic acids is 2. The van der Waals surface area contributed by atoms with E-state index in [9.17, 15) is 27.9 Å². The van der Waals surface area contributed by atoms with E-state index in [1.54, 1.807) is 12.4 Å². The Balaban J connectivity index is 1.38. The summed E-state index contributed by atoms with van der Waals surface area (Å²) >= 11 is 0. The van der Waals surface area contributed by atoms with Crippen molar-refractivity contribution in [2.45, 2.75) is 56.0 Å². The van der Waals surface area contributed by atoms with Crippen LogP contribution < -0.4 is 16.0 Å². The Kier molecular flexibility index (Phi) is 8.39. The summed E-state index contributed by atoms with van der Waals surface area (Å²) in [6, 6.07) is 7.33. The topological polar surface area (TPSA) is 113 Å². The number of halogens is 3. The molecule has 1 aromatic heterocycles. The molecule has 4 rings (SSSR count). The Labute approximate surface area is 219 Å². The third kappa shape index (κ3) is 6.00. The zero-order valence-corrected chi connectivity index (χ0v) is 21.2. The van der Waals surface area contributed by atoms with E-state index < -0.39 is 34.8 Å². The molecular formula is C27H33F3N4O4. The van der Waals surface area contributed by atoms with Gasteiger partial charge in [0.2, 0.25) is 5.91 Å². The summed E-state index contributed by atoms with van der Waals surface area (Å²) in [6.07, 6.45) is 1.24. The Bertz CT molecular complexity index is 1120. The first-order chi connectivity index (χ1) is 18.1. The maximum atomic E-state index is 13.0. The summed E-state index contributed by atoms with van der Waals surface area (Å²) in [5.74, 6) is -1.16. The quantitative estimate of drug-likeness (QED) is 0.415. The van der Waals surface area contributed by atoms with Crippen LogP contribution >= 0.6 is 0 Å². The number of hydrogen-bond donors (Lipinski definition) is 4. The number of pyridine rings is 1. The standard InChI is InChI=1S/C27H33F3N4O4/c1-2-38-26(20-6-10-25(37,11-7-20)19-8-12-31-13-9-19)17-32-15-22(26)34-23(35)16-33-24(36)18-4-3-5-21(14-18)27(28,29)30/h3-5,8-9,12-14,20,22,32,37H,2,6-7,10-11,15-17H2,1H3,(H,33,36)(H,34,35)/t20?,22-,25?,26?/m0/s1.